The summed E-state index contributed by atoms with van der Waals surface area (Å²) < 4.78 is 0. The van der Waals surface area contributed by atoms with Crippen LogP contribution in [0.5, 0.6) is 5.75 Å². The largest absolute Gasteiger partial charge is 0.355 e. The molecule has 0 bridgehead atoms. The highest BCUT2D eigenvalue weighted by molar-refractivity contribution is 5.68. The summed E-state index contributed by atoms with van der Waals surface area (Å²) in [4.78, 5) is 20.3. The minimum absolute atomic E-state index is 0.288. The van der Waals surface area contributed by atoms with Crippen LogP contribution < -0.4 is 4.89 Å². The smallest absolute Gasteiger partial charge is 0.287 e. The third-order valence-electron chi connectivity index (χ3n) is 1.53. The molecule has 0 N–H and O–H groups in total. The first-order valence-electron chi connectivity index (χ1n) is 4.36. The maximum absolute atomic E-state index is 11.0. The SMILES string of the molecule is C=CCCC(=O)OOc1ccccc1. The van der Waals surface area contributed by atoms with Crippen molar-refractivity contribution >= 4 is 5.97 Å². The highest BCUT2D eigenvalue weighted by atomic mass is 17.2. The van der Waals surface area contributed by atoms with Crippen LogP contribution in [-0.4, -0.2) is 5.97 Å². The lowest BCUT2D eigenvalue weighted by Crippen LogP contribution is -2.06. The lowest BCUT2D eigenvalue weighted by atomic mass is 10.3. The maximum atomic E-state index is 11.0. The molecular formula is C11H12O3. The summed E-state index contributed by atoms with van der Waals surface area (Å²) >= 11 is 0. The van der Waals surface area contributed by atoms with Gasteiger partial charge in [-0.2, -0.15) is 0 Å². The molecule has 3 nitrogen and oxygen atoms in total. The third-order valence-corrected chi connectivity index (χ3v) is 1.53. The summed E-state index contributed by atoms with van der Waals surface area (Å²) in [5.74, 6) is 0.119. The number of rotatable bonds is 5. The van der Waals surface area contributed by atoms with E-state index < -0.39 is 5.97 Å². The standard InChI is InChI=1S/C11H12O3/c1-2-3-9-11(12)14-13-10-7-5-4-6-8-10/h2,4-8H,1,3,9H2. The van der Waals surface area contributed by atoms with Crippen molar-refractivity contribution in [1.82, 2.24) is 0 Å². The molecule has 1 rings (SSSR count). The zero-order valence-corrected chi connectivity index (χ0v) is 7.81. The normalized spacial score (nSPS) is 9.14. The Kier molecular flexibility index (Phi) is 4.27. The quantitative estimate of drug-likeness (QED) is 0.408. The topological polar surface area (TPSA) is 35.5 Å². The van der Waals surface area contributed by atoms with Gasteiger partial charge in [0.05, 0.1) is 6.42 Å². The van der Waals surface area contributed by atoms with Crippen molar-refractivity contribution in [2.75, 3.05) is 0 Å². The molecule has 0 aliphatic rings. The van der Waals surface area contributed by atoms with Gasteiger partial charge in [0.2, 0.25) is 0 Å². The molecular weight excluding hydrogens is 180 g/mol. The summed E-state index contributed by atoms with van der Waals surface area (Å²) in [6.07, 6.45) is 2.54. The number of carbonyl (C=O) groups is 1. The molecule has 0 saturated heterocycles. The highest BCUT2D eigenvalue weighted by Crippen LogP contribution is 2.09. The van der Waals surface area contributed by atoms with Gasteiger partial charge in [-0.05, 0) is 18.6 Å². The van der Waals surface area contributed by atoms with Gasteiger partial charge in [-0.25, -0.2) is 4.79 Å². The molecule has 1 aromatic rings. The first kappa shape index (κ1) is 10.3. The van der Waals surface area contributed by atoms with Crippen molar-refractivity contribution < 1.29 is 14.6 Å². The van der Waals surface area contributed by atoms with Crippen molar-refractivity contribution in [2.24, 2.45) is 0 Å². The fourth-order valence-electron chi connectivity index (χ4n) is 0.832. The Morgan fingerprint density at radius 2 is 2.07 bits per heavy atom. The Morgan fingerprint density at radius 3 is 2.71 bits per heavy atom. The average molecular weight is 192 g/mol. The second-order valence-electron chi connectivity index (χ2n) is 2.68. The van der Waals surface area contributed by atoms with E-state index in [-0.39, 0.29) is 6.42 Å². The summed E-state index contributed by atoms with van der Waals surface area (Å²) in [6.45, 7) is 3.50. The van der Waals surface area contributed by atoms with Crippen LogP contribution in [0.15, 0.2) is 43.0 Å². The fourth-order valence-corrected chi connectivity index (χ4v) is 0.832. The van der Waals surface area contributed by atoms with Gasteiger partial charge in [-0.1, -0.05) is 24.3 Å². The molecule has 0 heterocycles. The van der Waals surface area contributed by atoms with Gasteiger partial charge < -0.3 is 0 Å². The predicted molar refractivity (Wildman–Crippen MR) is 52.6 cm³/mol. The number of carbonyl (C=O) groups excluding carboxylic acids is 1. The van der Waals surface area contributed by atoms with Crippen molar-refractivity contribution in [1.29, 1.82) is 0 Å². The number of hydrogen-bond acceptors (Lipinski definition) is 3. The lowest BCUT2D eigenvalue weighted by molar-refractivity contribution is -0.213. The van der Waals surface area contributed by atoms with E-state index in [2.05, 4.69) is 11.5 Å². The number of allylic oxidation sites excluding steroid dienone is 1. The van der Waals surface area contributed by atoms with Crippen LogP contribution in [0.4, 0.5) is 0 Å². The van der Waals surface area contributed by atoms with Crippen molar-refractivity contribution in [3.05, 3.63) is 43.0 Å². The molecule has 0 saturated carbocycles. The Bertz CT molecular complexity index is 293. The Labute approximate surface area is 82.9 Å². The summed E-state index contributed by atoms with van der Waals surface area (Å²) in [5.41, 5.74) is 0. The summed E-state index contributed by atoms with van der Waals surface area (Å²) in [7, 11) is 0. The number of para-hydroxylation sites is 1. The summed E-state index contributed by atoms with van der Waals surface area (Å²) in [6, 6.07) is 8.87. The molecule has 0 aliphatic heterocycles. The van der Waals surface area contributed by atoms with Crippen molar-refractivity contribution in [3.8, 4) is 5.75 Å². The monoisotopic (exact) mass is 192 g/mol. The molecule has 0 fully saturated rings. The molecule has 3 heteroatoms. The molecule has 0 aliphatic carbocycles. The Hall–Kier alpha value is -1.77. The van der Waals surface area contributed by atoms with Gasteiger partial charge in [0.15, 0.2) is 5.75 Å². The molecule has 1 aromatic carbocycles. The Balaban J connectivity index is 2.27. The van der Waals surface area contributed by atoms with Gasteiger partial charge >= 0.3 is 5.97 Å². The number of hydrogen-bond donors (Lipinski definition) is 0. The van der Waals surface area contributed by atoms with E-state index in [1.54, 1.807) is 30.3 Å². The molecule has 0 unspecified atom stereocenters. The van der Waals surface area contributed by atoms with Gasteiger partial charge in [0.25, 0.3) is 0 Å². The number of benzene rings is 1. The first-order chi connectivity index (χ1) is 6.83. The van der Waals surface area contributed by atoms with Crippen LogP contribution in [0.1, 0.15) is 12.8 Å². The van der Waals surface area contributed by atoms with Crippen LogP contribution in [0, 0.1) is 0 Å². The van der Waals surface area contributed by atoms with Crippen LogP contribution in [0.3, 0.4) is 0 Å². The van der Waals surface area contributed by atoms with Gasteiger partial charge in [0.1, 0.15) is 0 Å². The predicted octanol–water partition coefficient (Wildman–Crippen LogP) is 2.49. The molecule has 14 heavy (non-hydrogen) atoms. The van der Waals surface area contributed by atoms with Crippen molar-refractivity contribution in [2.45, 2.75) is 12.8 Å². The fraction of sp³-hybridized carbons (Fsp3) is 0.182. The first-order valence-corrected chi connectivity index (χ1v) is 4.36. The van der Waals surface area contributed by atoms with E-state index in [1.165, 1.54) is 0 Å². The van der Waals surface area contributed by atoms with E-state index >= 15 is 0 Å². The van der Waals surface area contributed by atoms with E-state index in [4.69, 9.17) is 4.89 Å². The highest BCUT2D eigenvalue weighted by Gasteiger charge is 2.02. The molecule has 0 spiro atoms. The van der Waals surface area contributed by atoms with E-state index in [1.807, 2.05) is 6.07 Å². The maximum Gasteiger partial charge on any atom is 0.355 e. The van der Waals surface area contributed by atoms with E-state index in [0.29, 0.717) is 12.2 Å². The summed E-state index contributed by atoms with van der Waals surface area (Å²) in [5, 5.41) is 0. The molecule has 74 valence electrons. The second kappa shape index (κ2) is 5.80. The molecule has 0 atom stereocenters. The third kappa shape index (κ3) is 3.76. The lowest BCUT2D eigenvalue weighted by Gasteiger charge is -2.02. The second-order valence-corrected chi connectivity index (χ2v) is 2.68. The van der Waals surface area contributed by atoms with Crippen LogP contribution in [-0.2, 0) is 9.68 Å². The van der Waals surface area contributed by atoms with Crippen LogP contribution in [0.25, 0.3) is 0 Å². The van der Waals surface area contributed by atoms with E-state index in [9.17, 15) is 4.79 Å². The molecule has 0 radical (unpaired) electrons. The van der Waals surface area contributed by atoms with Crippen LogP contribution >= 0.6 is 0 Å². The van der Waals surface area contributed by atoms with E-state index in [0.717, 1.165) is 0 Å². The minimum atomic E-state index is -0.395. The Morgan fingerprint density at radius 1 is 1.36 bits per heavy atom. The zero-order valence-electron chi connectivity index (χ0n) is 7.81. The van der Waals surface area contributed by atoms with Gasteiger partial charge in [0, 0.05) is 0 Å². The van der Waals surface area contributed by atoms with Gasteiger partial charge in [-0.3, -0.25) is 9.78 Å². The van der Waals surface area contributed by atoms with Gasteiger partial charge in [-0.15, -0.1) is 6.58 Å². The minimum Gasteiger partial charge on any atom is -0.287 e. The molecule has 0 amide bonds. The average Bonchev–Trinajstić information content (AvgIpc) is 2.25. The zero-order chi connectivity index (χ0) is 10.2. The van der Waals surface area contributed by atoms with Crippen molar-refractivity contribution in [3.63, 3.8) is 0 Å². The van der Waals surface area contributed by atoms with Crippen LogP contribution in [0.2, 0.25) is 0 Å². The molecule has 0 aromatic heterocycles.